The van der Waals surface area contributed by atoms with Gasteiger partial charge in [-0.1, -0.05) is 19.4 Å². The molecule has 3 nitrogen and oxygen atoms in total. The van der Waals surface area contributed by atoms with Gasteiger partial charge in [-0.3, -0.25) is 0 Å². The van der Waals surface area contributed by atoms with Gasteiger partial charge >= 0.3 is 0 Å². The maximum atomic E-state index is 5.34. The van der Waals surface area contributed by atoms with Gasteiger partial charge in [0, 0.05) is 6.42 Å². The third-order valence-electron chi connectivity index (χ3n) is 2.39. The van der Waals surface area contributed by atoms with Crippen LogP contribution in [0, 0.1) is 6.04 Å². The van der Waals surface area contributed by atoms with E-state index in [1.807, 2.05) is 6.08 Å². The van der Waals surface area contributed by atoms with Crippen molar-refractivity contribution in [1.82, 2.24) is 5.32 Å². The minimum atomic E-state index is 0.372. The topological polar surface area (TPSA) is 30.5 Å². The van der Waals surface area contributed by atoms with E-state index in [0.717, 1.165) is 24.5 Å². The van der Waals surface area contributed by atoms with Gasteiger partial charge in [0.15, 0.2) is 5.76 Å². The molecule has 77 valence electrons. The molecule has 1 heterocycles. The lowest BCUT2D eigenvalue weighted by Gasteiger charge is -2.16. The molecule has 1 aliphatic heterocycles. The van der Waals surface area contributed by atoms with Crippen LogP contribution in [0.4, 0.5) is 0 Å². The Hall–Kier alpha value is -0.960. The van der Waals surface area contributed by atoms with Crippen molar-refractivity contribution in [3.63, 3.8) is 0 Å². The summed E-state index contributed by atoms with van der Waals surface area (Å²) >= 11 is 0. The number of rotatable bonds is 4. The van der Waals surface area contributed by atoms with Crippen LogP contribution in [0.5, 0.6) is 0 Å². The summed E-state index contributed by atoms with van der Waals surface area (Å²) in [6.45, 7) is 3.61. The van der Waals surface area contributed by atoms with Gasteiger partial charge in [-0.2, -0.15) is 0 Å². The second-order valence-corrected chi connectivity index (χ2v) is 3.51. The number of allylic oxidation sites excluding steroid dienone is 1. The lowest BCUT2D eigenvalue weighted by atomic mass is 10.1. The molecular formula is C11H16NO2. The second-order valence-electron chi connectivity index (χ2n) is 3.51. The van der Waals surface area contributed by atoms with Crippen molar-refractivity contribution in [2.75, 3.05) is 13.3 Å². The Morgan fingerprint density at radius 2 is 2.29 bits per heavy atom. The van der Waals surface area contributed by atoms with E-state index in [2.05, 4.69) is 18.3 Å². The Morgan fingerprint density at radius 3 is 3.14 bits per heavy atom. The first-order chi connectivity index (χ1) is 6.90. The number of hydrogen-bond acceptors (Lipinski definition) is 3. The Morgan fingerprint density at radius 1 is 1.36 bits per heavy atom. The van der Waals surface area contributed by atoms with Gasteiger partial charge in [0.25, 0.3) is 0 Å². The smallest absolute Gasteiger partial charge is 0.230 e. The number of nitrogens with one attached hydrogen (secondary N) is 1. The van der Waals surface area contributed by atoms with Crippen molar-refractivity contribution in [3.05, 3.63) is 29.7 Å². The summed E-state index contributed by atoms with van der Waals surface area (Å²) in [6.07, 6.45) is 7.32. The van der Waals surface area contributed by atoms with Crippen molar-refractivity contribution in [3.8, 4) is 0 Å². The normalized spacial score (nSPS) is 20.6. The Kier molecular flexibility index (Phi) is 3.09. The molecule has 1 N–H and O–H groups in total. The number of ether oxygens (including phenoxy) is 2. The fourth-order valence-electron chi connectivity index (χ4n) is 1.55. The molecule has 0 amide bonds. The van der Waals surface area contributed by atoms with Crippen LogP contribution in [-0.2, 0) is 9.47 Å². The van der Waals surface area contributed by atoms with Crippen LogP contribution in [0.15, 0.2) is 23.7 Å². The number of unbranched alkanes of at least 4 members (excludes halogenated alkanes) is 1. The van der Waals surface area contributed by atoms with Crippen LogP contribution >= 0.6 is 0 Å². The van der Waals surface area contributed by atoms with Gasteiger partial charge < -0.3 is 14.8 Å². The summed E-state index contributed by atoms with van der Waals surface area (Å²) in [6, 6.07) is 1.22. The lowest BCUT2D eigenvalue weighted by molar-refractivity contribution is 0.0731. The van der Waals surface area contributed by atoms with Crippen molar-refractivity contribution in [2.45, 2.75) is 26.2 Å². The Bertz CT molecular complexity index is 258. The van der Waals surface area contributed by atoms with Gasteiger partial charge in [0.05, 0.1) is 6.04 Å². The van der Waals surface area contributed by atoms with Gasteiger partial charge in [-0.05, 0) is 19.0 Å². The van der Waals surface area contributed by atoms with Crippen molar-refractivity contribution >= 4 is 0 Å². The van der Waals surface area contributed by atoms with E-state index < -0.39 is 0 Å². The standard InChI is InChI=1S/C11H16NO2/c1-2-3-6-12-9-4-5-10-11(7-9)14-8-13-10/h4-5,12H,2-3,6-8H2,1H3. The predicted octanol–water partition coefficient (Wildman–Crippen LogP) is 2.08. The molecule has 0 saturated heterocycles. The molecular weight excluding hydrogens is 178 g/mol. The molecule has 0 saturated carbocycles. The molecule has 0 atom stereocenters. The summed E-state index contributed by atoms with van der Waals surface area (Å²) in [7, 11) is 0. The minimum absolute atomic E-state index is 0.372. The molecule has 2 rings (SSSR count). The van der Waals surface area contributed by atoms with Crippen LogP contribution in [-0.4, -0.2) is 13.3 Å². The van der Waals surface area contributed by atoms with Crippen LogP contribution in [0.2, 0.25) is 0 Å². The Balaban J connectivity index is 1.80. The molecule has 1 radical (unpaired) electrons. The van der Waals surface area contributed by atoms with Crippen LogP contribution in [0.1, 0.15) is 26.2 Å². The molecule has 0 bridgehead atoms. The van der Waals surface area contributed by atoms with E-state index in [9.17, 15) is 0 Å². The highest BCUT2D eigenvalue weighted by Gasteiger charge is 2.22. The predicted molar refractivity (Wildman–Crippen MR) is 54.0 cm³/mol. The summed E-state index contributed by atoms with van der Waals surface area (Å²) in [5.41, 5.74) is 0. The maximum absolute atomic E-state index is 5.34. The average molecular weight is 194 g/mol. The quantitative estimate of drug-likeness (QED) is 0.695. The zero-order valence-electron chi connectivity index (χ0n) is 8.51. The van der Waals surface area contributed by atoms with Crippen molar-refractivity contribution < 1.29 is 9.47 Å². The zero-order chi connectivity index (χ0) is 9.80. The molecule has 0 aromatic heterocycles. The van der Waals surface area contributed by atoms with Gasteiger partial charge in [0.2, 0.25) is 6.79 Å². The fourth-order valence-corrected chi connectivity index (χ4v) is 1.55. The van der Waals surface area contributed by atoms with Crippen molar-refractivity contribution in [2.24, 2.45) is 0 Å². The molecule has 2 aliphatic rings. The van der Waals surface area contributed by atoms with Gasteiger partial charge in [-0.15, -0.1) is 0 Å². The highest BCUT2D eigenvalue weighted by molar-refractivity contribution is 5.31. The Labute approximate surface area is 84.8 Å². The minimum Gasteiger partial charge on any atom is -0.458 e. The third-order valence-corrected chi connectivity index (χ3v) is 2.39. The van der Waals surface area contributed by atoms with Crippen LogP contribution in [0.25, 0.3) is 0 Å². The summed E-state index contributed by atoms with van der Waals surface area (Å²) < 4.78 is 10.6. The van der Waals surface area contributed by atoms with Gasteiger partial charge in [-0.25, -0.2) is 0 Å². The SMILES string of the molecule is CCCCN[C]1C=CC2=C(C1)OCO2. The van der Waals surface area contributed by atoms with E-state index in [1.165, 1.54) is 18.9 Å². The molecule has 0 aromatic carbocycles. The zero-order valence-corrected chi connectivity index (χ0v) is 8.51. The van der Waals surface area contributed by atoms with Crippen molar-refractivity contribution in [1.29, 1.82) is 0 Å². The third kappa shape index (κ3) is 2.10. The van der Waals surface area contributed by atoms with Gasteiger partial charge in [0.1, 0.15) is 5.76 Å². The van der Waals surface area contributed by atoms with E-state index in [-0.39, 0.29) is 0 Å². The largest absolute Gasteiger partial charge is 0.458 e. The average Bonchev–Trinajstić information content (AvgIpc) is 2.65. The molecule has 1 aliphatic carbocycles. The molecule has 0 aromatic rings. The summed E-state index contributed by atoms with van der Waals surface area (Å²) in [4.78, 5) is 0. The fraction of sp³-hybridized carbons (Fsp3) is 0.545. The monoisotopic (exact) mass is 194 g/mol. The molecule has 14 heavy (non-hydrogen) atoms. The lowest BCUT2D eigenvalue weighted by Crippen LogP contribution is -2.22. The van der Waals surface area contributed by atoms with Crippen LogP contribution in [0.3, 0.4) is 0 Å². The molecule has 3 heteroatoms. The first kappa shape index (κ1) is 9.59. The highest BCUT2D eigenvalue weighted by Crippen LogP contribution is 2.29. The first-order valence-corrected chi connectivity index (χ1v) is 5.16. The highest BCUT2D eigenvalue weighted by atomic mass is 16.7. The summed E-state index contributed by atoms with van der Waals surface area (Å²) in [5.74, 6) is 1.86. The van der Waals surface area contributed by atoms with E-state index in [1.54, 1.807) is 0 Å². The molecule has 0 spiro atoms. The van der Waals surface area contributed by atoms with Crippen LogP contribution < -0.4 is 5.32 Å². The first-order valence-electron chi connectivity index (χ1n) is 5.16. The van der Waals surface area contributed by atoms with E-state index in [0.29, 0.717) is 6.79 Å². The maximum Gasteiger partial charge on any atom is 0.230 e. The van der Waals surface area contributed by atoms with E-state index >= 15 is 0 Å². The molecule has 0 unspecified atom stereocenters. The number of hydrogen-bond donors (Lipinski definition) is 1. The molecule has 0 fully saturated rings. The van der Waals surface area contributed by atoms with E-state index in [4.69, 9.17) is 9.47 Å². The second kappa shape index (κ2) is 4.51. The summed E-state index contributed by atoms with van der Waals surface area (Å²) in [5, 5.41) is 3.40.